The van der Waals surface area contributed by atoms with Gasteiger partial charge in [-0.15, -0.1) is 0 Å². The van der Waals surface area contributed by atoms with Crippen LogP contribution in [0.2, 0.25) is 0 Å². The molecule has 7 nitrogen and oxygen atoms in total. The van der Waals surface area contributed by atoms with Gasteiger partial charge in [0.1, 0.15) is 6.04 Å². The van der Waals surface area contributed by atoms with E-state index in [4.69, 9.17) is 10.2 Å². The largest absolute Gasteiger partial charge is 0.481 e. The Labute approximate surface area is 116 Å². The van der Waals surface area contributed by atoms with Gasteiger partial charge in [-0.3, -0.25) is 4.79 Å². The molecule has 0 heterocycles. The third-order valence-corrected chi connectivity index (χ3v) is 3.18. The van der Waals surface area contributed by atoms with E-state index in [9.17, 15) is 14.4 Å². The van der Waals surface area contributed by atoms with Gasteiger partial charge in [0.25, 0.3) is 0 Å². The topological polar surface area (TPSA) is 116 Å². The minimum Gasteiger partial charge on any atom is -0.481 e. The Morgan fingerprint density at radius 1 is 1.21 bits per heavy atom. The van der Waals surface area contributed by atoms with Gasteiger partial charge in [0.05, 0.1) is 0 Å². The summed E-state index contributed by atoms with van der Waals surface area (Å²) in [5.41, 5.74) is 0. The number of carbonyl (C=O) groups excluding carboxylic acids is 1. The molecule has 0 aliphatic carbocycles. The number of nitrogens with one attached hydrogen (secondary N) is 2. The van der Waals surface area contributed by atoms with Crippen LogP contribution in [0.25, 0.3) is 0 Å². The fourth-order valence-electron chi connectivity index (χ4n) is 1.37. The van der Waals surface area contributed by atoms with Crippen molar-refractivity contribution in [1.82, 2.24) is 10.6 Å². The van der Waals surface area contributed by atoms with Crippen LogP contribution in [0.5, 0.6) is 0 Å². The molecule has 0 aromatic heterocycles. The molecule has 0 fully saturated rings. The average Bonchev–Trinajstić information content (AvgIpc) is 2.33. The quantitative estimate of drug-likeness (QED) is 0.498. The summed E-state index contributed by atoms with van der Waals surface area (Å²) in [6.07, 6.45) is 2.20. The van der Waals surface area contributed by atoms with E-state index in [-0.39, 0.29) is 18.9 Å². The number of aliphatic carboxylic acids is 2. The number of urea groups is 1. The van der Waals surface area contributed by atoms with Crippen LogP contribution in [0.3, 0.4) is 0 Å². The maximum absolute atomic E-state index is 11.6. The molecule has 4 N–H and O–H groups in total. The molecule has 0 saturated carbocycles. The molecule has 0 saturated heterocycles. The van der Waals surface area contributed by atoms with Gasteiger partial charge in [0, 0.05) is 18.2 Å². The number of hydrogen-bond donors (Lipinski definition) is 4. The van der Waals surface area contributed by atoms with E-state index in [0.29, 0.717) is 0 Å². The van der Waals surface area contributed by atoms with Crippen molar-refractivity contribution in [2.75, 3.05) is 12.0 Å². The summed E-state index contributed by atoms with van der Waals surface area (Å²) in [6.45, 7) is 1.92. The number of thioether (sulfide) groups is 1. The summed E-state index contributed by atoms with van der Waals surface area (Å²) in [4.78, 5) is 32.9. The van der Waals surface area contributed by atoms with Gasteiger partial charge >= 0.3 is 18.0 Å². The highest BCUT2D eigenvalue weighted by atomic mass is 32.2. The standard InChI is InChI=1S/C11H20N2O5S/c1-3-7(6-19-2)12-11(18)13-8(10(16)17)4-5-9(14)15/h7-8H,3-6H2,1-2H3,(H,14,15)(H,16,17)(H2,12,13,18). The lowest BCUT2D eigenvalue weighted by Crippen LogP contribution is -2.49. The molecule has 0 rings (SSSR count). The van der Waals surface area contributed by atoms with E-state index >= 15 is 0 Å². The van der Waals surface area contributed by atoms with E-state index in [1.165, 1.54) is 0 Å². The predicted octanol–water partition coefficient (Wildman–Crippen LogP) is 0.745. The van der Waals surface area contributed by atoms with Crippen LogP contribution in [0, 0.1) is 0 Å². The second-order valence-electron chi connectivity index (χ2n) is 4.00. The molecule has 2 amide bonds. The summed E-state index contributed by atoms with van der Waals surface area (Å²) < 4.78 is 0. The Kier molecular flexibility index (Phi) is 8.77. The number of hydrogen-bond acceptors (Lipinski definition) is 4. The summed E-state index contributed by atoms with van der Waals surface area (Å²) in [6, 6.07) is -1.81. The summed E-state index contributed by atoms with van der Waals surface area (Å²) >= 11 is 1.58. The summed E-state index contributed by atoms with van der Waals surface area (Å²) in [5.74, 6) is -1.60. The molecule has 0 bridgehead atoms. The van der Waals surface area contributed by atoms with Crippen LogP contribution in [-0.2, 0) is 9.59 Å². The fraction of sp³-hybridized carbons (Fsp3) is 0.727. The first-order chi connectivity index (χ1) is 8.90. The first-order valence-electron chi connectivity index (χ1n) is 5.91. The normalized spacial score (nSPS) is 13.4. The molecule has 2 unspecified atom stereocenters. The van der Waals surface area contributed by atoms with Crippen molar-refractivity contribution in [1.29, 1.82) is 0 Å². The van der Waals surface area contributed by atoms with E-state index in [0.717, 1.165) is 12.2 Å². The lowest BCUT2D eigenvalue weighted by atomic mass is 10.1. The fourth-order valence-corrected chi connectivity index (χ4v) is 2.09. The van der Waals surface area contributed by atoms with Crippen molar-refractivity contribution in [3.8, 4) is 0 Å². The lowest BCUT2D eigenvalue weighted by Gasteiger charge is -2.19. The minimum absolute atomic E-state index is 0.0380. The van der Waals surface area contributed by atoms with Crippen LogP contribution >= 0.6 is 11.8 Å². The average molecular weight is 292 g/mol. The van der Waals surface area contributed by atoms with Gasteiger partial charge in [0.15, 0.2) is 0 Å². The molecule has 8 heteroatoms. The number of carbonyl (C=O) groups is 3. The molecule has 110 valence electrons. The molecular weight excluding hydrogens is 272 g/mol. The molecule has 0 aliphatic rings. The van der Waals surface area contributed by atoms with Crippen molar-refractivity contribution in [3.63, 3.8) is 0 Å². The van der Waals surface area contributed by atoms with Crippen molar-refractivity contribution < 1.29 is 24.6 Å². The van der Waals surface area contributed by atoms with Crippen LogP contribution in [-0.4, -0.2) is 52.3 Å². The van der Waals surface area contributed by atoms with Gasteiger partial charge in [-0.2, -0.15) is 11.8 Å². The maximum Gasteiger partial charge on any atom is 0.326 e. The molecule has 0 aliphatic heterocycles. The van der Waals surface area contributed by atoms with Crippen LogP contribution in [0.15, 0.2) is 0 Å². The minimum atomic E-state index is -1.24. The van der Waals surface area contributed by atoms with Gasteiger partial charge in [-0.1, -0.05) is 6.92 Å². The van der Waals surface area contributed by atoms with Crippen LogP contribution in [0.4, 0.5) is 4.79 Å². The van der Waals surface area contributed by atoms with Gasteiger partial charge in [0.2, 0.25) is 0 Å². The van der Waals surface area contributed by atoms with E-state index in [1.807, 2.05) is 13.2 Å². The first kappa shape index (κ1) is 17.6. The van der Waals surface area contributed by atoms with E-state index < -0.39 is 24.0 Å². The predicted molar refractivity (Wildman–Crippen MR) is 72.4 cm³/mol. The molecular formula is C11H20N2O5S. The highest BCUT2D eigenvalue weighted by Gasteiger charge is 2.21. The molecule has 0 aromatic carbocycles. The zero-order chi connectivity index (χ0) is 14.8. The first-order valence-corrected chi connectivity index (χ1v) is 7.30. The summed E-state index contributed by atoms with van der Waals surface area (Å²) in [7, 11) is 0. The van der Waals surface area contributed by atoms with Crippen LogP contribution in [0.1, 0.15) is 26.2 Å². The number of carboxylic acids is 2. The molecule has 19 heavy (non-hydrogen) atoms. The molecule has 2 atom stereocenters. The SMILES string of the molecule is CCC(CSC)NC(=O)NC(CCC(=O)O)C(=O)O. The highest BCUT2D eigenvalue weighted by molar-refractivity contribution is 7.98. The van der Waals surface area contributed by atoms with E-state index in [2.05, 4.69) is 10.6 Å². The smallest absolute Gasteiger partial charge is 0.326 e. The van der Waals surface area contributed by atoms with Gasteiger partial charge in [-0.25, -0.2) is 9.59 Å². The van der Waals surface area contributed by atoms with Crippen molar-refractivity contribution in [2.24, 2.45) is 0 Å². The van der Waals surface area contributed by atoms with E-state index in [1.54, 1.807) is 11.8 Å². The van der Waals surface area contributed by atoms with Crippen molar-refractivity contribution in [3.05, 3.63) is 0 Å². The number of carboxylic acid groups (broad SMARTS) is 2. The number of rotatable bonds is 9. The monoisotopic (exact) mass is 292 g/mol. The third-order valence-electron chi connectivity index (χ3n) is 2.45. The zero-order valence-electron chi connectivity index (χ0n) is 11.0. The third kappa shape index (κ3) is 8.30. The Morgan fingerprint density at radius 2 is 1.84 bits per heavy atom. The van der Waals surface area contributed by atoms with Crippen molar-refractivity contribution >= 4 is 29.7 Å². The van der Waals surface area contributed by atoms with Gasteiger partial charge < -0.3 is 20.8 Å². The van der Waals surface area contributed by atoms with Gasteiger partial charge in [-0.05, 0) is 19.1 Å². The molecule has 0 aromatic rings. The summed E-state index contributed by atoms with van der Waals surface area (Å²) in [5, 5.41) is 22.3. The second kappa shape index (κ2) is 9.48. The second-order valence-corrected chi connectivity index (χ2v) is 4.91. The molecule has 0 spiro atoms. The van der Waals surface area contributed by atoms with Crippen molar-refractivity contribution in [2.45, 2.75) is 38.3 Å². The highest BCUT2D eigenvalue weighted by Crippen LogP contribution is 2.02. The lowest BCUT2D eigenvalue weighted by molar-refractivity contribution is -0.140. The zero-order valence-corrected chi connectivity index (χ0v) is 11.8. The Bertz CT molecular complexity index is 324. The Hall–Kier alpha value is -1.44. The Morgan fingerprint density at radius 3 is 2.26 bits per heavy atom. The van der Waals surface area contributed by atoms with Crippen LogP contribution < -0.4 is 10.6 Å². The Balaban J connectivity index is 4.30. The maximum atomic E-state index is 11.6. The molecule has 0 radical (unpaired) electrons. The number of amides is 2.